The largest absolute Gasteiger partial charge is 0.497 e. The predicted octanol–water partition coefficient (Wildman–Crippen LogP) is 3.82. The molecule has 0 bridgehead atoms. The molecule has 0 fully saturated rings. The standard InChI is InChI=1S/C16H26O2/c1-4-6-7-14(5-2)16(17)12-13-8-10-15(18-3)11-9-13/h8-11,14,16-17H,4-7,12H2,1-3H3. The van der Waals surface area contributed by atoms with Gasteiger partial charge in [-0.1, -0.05) is 45.2 Å². The zero-order valence-corrected chi connectivity index (χ0v) is 11.9. The highest BCUT2D eigenvalue weighted by atomic mass is 16.5. The Hall–Kier alpha value is -1.02. The maximum atomic E-state index is 10.3. The molecule has 0 aliphatic carbocycles. The van der Waals surface area contributed by atoms with E-state index in [-0.39, 0.29) is 6.10 Å². The molecule has 0 aromatic heterocycles. The van der Waals surface area contributed by atoms with Crippen molar-refractivity contribution in [2.24, 2.45) is 5.92 Å². The van der Waals surface area contributed by atoms with E-state index in [1.807, 2.05) is 24.3 Å². The molecule has 102 valence electrons. The molecule has 0 aliphatic heterocycles. The van der Waals surface area contributed by atoms with E-state index in [4.69, 9.17) is 4.74 Å². The highest BCUT2D eigenvalue weighted by Gasteiger charge is 2.17. The fourth-order valence-electron chi connectivity index (χ4n) is 2.30. The lowest BCUT2D eigenvalue weighted by Gasteiger charge is -2.21. The van der Waals surface area contributed by atoms with Crippen molar-refractivity contribution in [1.29, 1.82) is 0 Å². The number of ether oxygens (including phenoxy) is 1. The lowest BCUT2D eigenvalue weighted by atomic mass is 9.89. The van der Waals surface area contributed by atoms with Gasteiger partial charge in [0.05, 0.1) is 13.2 Å². The van der Waals surface area contributed by atoms with E-state index >= 15 is 0 Å². The fraction of sp³-hybridized carbons (Fsp3) is 0.625. The number of methoxy groups -OCH3 is 1. The summed E-state index contributed by atoms with van der Waals surface area (Å²) < 4.78 is 5.13. The Morgan fingerprint density at radius 3 is 2.33 bits per heavy atom. The summed E-state index contributed by atoms with van der Waals surface area (Å²) in [6.07, 6.45) is 5.10. The van der Waals surface area contributed by atoms with Crippen molar-refractivity contribution in [2.75, 3.05) is 7.11 Å². The summed E-state index contributed by atoms with van der Waals surface area (Å²) in [5.74, 6) is 1.29. The van der Waals surface area contributed by atoms with Gasteiger partial charge in [0.15, 0.2) is 0 Å². The van der Waals surface area contributed by atoms with Crippen LogP contribution in [0.4, 0.5) is 0 Å². The van der Waals surface area contributed by atoms with Crippen molar-refractivity contribution < 1.29 is 9.84 Å². The number of aliphatic hydroxyl groups excluding tert-OH is 1. The first-order valence-electron chi connectivity index (χ1n) is 7.02. The molecule has 0 radical (unpaired) electrons. The smallest absolute Gasteiger partial charge is 0.118 e. The van der Waals surface area contributed by atoms with Crippen LogP contribution in [-0.2, 0) is 6.42 Å². The van der Waals surface area contributed by atoms with E-state index in [2.05, 4.69) is 13.8 Å². The number of hydrogen-bond donors (Lipinski definition) is 1. The first kappa shape index (κ1) is 15.0. The third-order valence-electron chi connectivity index (χ3n) is 3.60. The molecule has 0 spiro atoms. The van der Waals surface area contributed by atoms with Crippen LogP contribution < -0.4 is 4.74 Å². The minimum Gasteiger partial charge on any atom is -0.497 e. The minimum absolute atomic E-state index is 0.227. The van der Waals surface area contributed by atoms with Gasteiger partial charge in [-0.25, -0.2) is 0 Å². The third-order valence-corrected chi connectivity index (χ3v) is 3.60. The molecule has 1 N–H and O–H groups in total. The van der Waals surface area contributed by atoms with Crippen molar-refractivity contribution in [3.05, 3.63) is 29.8 Å². The first-order chi connectivity index (χ1) is 8.71. The monoisotopic (exact) mass is 250 g/mol. The summed E-state index contributed by atoms with van der Waals surface area (Å²) in [5, 5.41) is 10.3. The van der Waals surface area contributed by atoms with Gasteiger partial charge in [-0.05, 0) is 36.5 Å². The average molecular weight is 250 g/mol. The van der Waals surface area contributed by atoms with Crippen LogP contribution in [0.1, 0.15) is 45.1 Å². The van der Waals surface area contributed by atoms with E-state index < -0.39 is 0 Å². The molecule has 1 rings (SSSR count). The van der Waals surface area contributed by atoms with E-state index in [1.165, 1.54) is 18.4 Å². The molecular weight excluding hydrogens is 224 g/mol. The van der Waals surface area contributed by atoms with Crippen LogP contribution in [0.2, 0.25) is 0 Å². The van der Waals surface area contributed by atoms with Crippen molar-refractivity contribution >= 4 is 0 Å². The summed E-state index contributed by atoms with van der Waals surface area (Å²) in [4.78, 5) is 0. The molecule has 0 amide bonds. The topological polar surface area (TPSA) is 29.5 Å². The normalized spacial score (nSPS) is 14.2. The van der Waals surface area contributed by atoms with Crippen LogP contribution in [0.15, 0.2) is 24.3 Å². The third kappa shape index (κ3) is 4.69. The predicted molar refractivity (Wildman–Crippen MR) is 76.0 cm³/mol. The number of aliphatic hydroxyl groups is 1. The van der Waals surface area contributed by atoms with Gasteiger partial charge in [0, 0.05) is 0 Å². The molecular formula is C16H26O2. The van der Waals surface area contributed by atoms with E-state index in [9.17, 15) is 5.11 Å². The number of rotatable bonds is 8. The molecule has 2 atom stereocenters. The van der Waals surface area contributed by atoms with Crippen molar-refractivity contribution in [3.63, 3.8) is 0 Å². The summed E-state index contributed by atoms with van der Waals surface area (Å²) >= 11 is 0. The highest BCUT2D eigenvalue weighted by Crippen LogP contribution is 2.21. The number of unbranched alkanes of at least 4 members (excludes halogenated alkanes) is 1. The van der Waals surface area contributed by atoms with Crippen molar-refractivity contribution in [3.8, 4) is 5.75 Å². The Kier molecular flexibility index (Phi) is 6.81. The Bertz CT molecular complexity index is 318. The second-order valence-corrected chi connectivity index (χ2v) is 4.93. The van der Waals surface area contributed by atoms with Crippen molar-refractivity contribution in [1.82, 2.24) is 0 Å². The second-order valence-electron chi connectivity index (χ2n) is 4.93. The summed E-state index contributed by atoms with van der Waals surface area (Å²) in [6, 6.07) is 7.98. The van der Waals surface area contributed by atoms with Gasteiger partial charge in [-0.15, -0.1) is 0 Å². The molecule has 0 saturated carbocycles. The van der Waals surface area contributed by atoms with Gasteiger partial charge >= 0.3 is 0 Å². The van der Waals surface area contributed by atoms with Gasteiger partial charge in [-0.3, -0.25) is 0 Å². The lowest BCUT2D eigenvalue weighted by molar-refractivity contribution is 0.0987. The zero-order valence-electron chi connectivity index (χ0n) is 11.9. The molecule has 1 aromatic carbocycles. The van der Waals surface area contributed by atoms with Crippen LogP contribution in [0.3, 0.4) is 0 Å². The molecule has 18 heavy (non-hydrogen) atoms. The van der Waals surface area contributed by atoms with E-state index in [0.717, 1.165) is 25.0 Å². The molecule has 1 aromatic rings. The average Bonchev–Trinajstić information content (AvgIpc) is 2.40. The van der Waals surface area contributed by atoms with E-state index in [1.54, 1.807) is 7.11 Å². The minimum atomic E-state index is -0.227. The van der Waals surface area contributed by atoms with Gasteiger partial charge in [0.25, 0.3) is 0 Å². The summed E-state index contributed by atoms with van der Waals surface area (Å²) in [6.45, 7) is 4.36. The molecule has 0 saturated heterocycles. The second kappa shape index (κ2) is 8.15. The number of hydrogen-bond acceptors (Lipinski definition) is 2. The molecule has 2 unspecified atom stereocenters. The first-order valence-corrected chi connectivity index (χ1v) is 7.02. The summed E-state index contributed by atoms with van der Waals surface area (Å²) in [7, 11) is 1.67. The van der Waals surface area contributed by atoms with Gasteiger partial charge in [0.2, 0.25) is 0 Å². The van der Waals surface area contributed by atoms with Gasteiger partial charge in [0.1, 0.15) is 5.75 Å². The molecule has 0 aliphatic rings. The van der Waals surface area contributed by atoms with Gasteiger partial charge in [-0.2, -0.15) is 0 Å². The van der Waals surface area contributed by atoms with Crippen molar-refractivity contribution in [2.45, 2.75) is 52.1 Å². The van der Waals surface area contributed by atoms with Crippen LogP contribution in [0.5, 0.6) is 5.75 Å². The zero-order chi connectivity index (χ0) is 13.4. The van der Waals surface area contributed by atoms with Gasteiger partial charge < -0.3 is 9.84 Å². The molecule has 2 heteroatoms. The van der Waals surface area contributed by atoms with Crippen LogP contribution in [0, 0.1) is 5.92 Å². The maximum absolute atomic E-state index is 10.3. The Morgan fingerprint density at radius 1 is 1.17 bits per heavy atom. The lowest BCUT2D eigenvalue weighted by Crippen LogP contribution is -2.22. The Morgan fingerprint density at radius 2 is 1.83 bits per heavy atom. The SMILES string of the molecule is CCCCC(CC)C(O)Cc1ccc(OC)cc1. The number of benzene rings is 1. The Labute approximate surface area is 111 Å². The quantitative estimate of drug-likeness (QED) is 0.760. The fourth-order valence-corrected chi connectivity index (χ4v) is 2.30. The molecule has 0 heterocycles. The van der Waals surface area contributed by atoms with Crippen LogP contribution >= 0.6 is 0 Å². The maximum Gasteiger partial charge on any atom is 0.118 e. The van der Waals surface area contributed by atoms with Crippen LogP contribution in [-0.4, -0.2) is 18.3 Å². The highest BCUT2D eigenvalue weighted by molar-refractivity contribution is 5.27. The summed E-state index contributed by atoms with van der Waals surface area (Å²) in [5.41, 5.74) is 1.18. The van der Waals surface area contributed by atoms with Crippen LogP contribution in [0.25, 0.3) is 0 Å². The Balaban J connectivity index is 2.52. The molecule has 2 nitrogen and oxygen atoms in total. The van der Waals surface area contributed by atoms with E-state index in [0.29, 0.717) is 5.92 Å².